The molecule has 0 spiro atoms. The van der Waals surface area contributed by atoms with E-state index in [4.69, 9.17) is 11.6 Å². The minimum atomic E-state index is -4.56. The van der Waals surface area contributed by atoms with Crippen LogP contribution in [0.4, 0.5) is 24.5 Å². The second kappa shape index (κ2) is 9.47. The quantitative estimate of drug-likeness (QED) is 0.416. The summed E-state index contributed by atoms with van der Waals surface area (Å²) < 4.78 is 40.2. The molecule has 1 fully saturated rings. The average molecular weight is 477 g/mol. The molecule has 174 valence electrons. The number of fused-ring (bicyclic) bond motifs is 1. The average Bonchev–Trinajstić information content (AvgIpc) is 2.79. The Morgan fingerprint density at radius 1 is 1.06 bits per heavy atom. The number of hydrogen-bond donors (Lipinski definition) is 3. The first-order valence-electron chi connectivity index (χ1n) is 10.8. The van der Waals surface area contributed by atoms with Gasteiger partial charge in [-0.25, -0.2) is 4.98 Å². The molecular weight excluding hydrogens is 453 g/mol. The lowest BCUT2D eigenvalue weighted by molar-refractivity contribution is -0.140. The van der Waals surface area contributed by atoms with Crippen molar-refractivity contribution < 1.29 is 18.0 Å². The Labute approximate surface area is 194 Å². The maximum Gasteiger partial charge on any atom is 0.433 e. The number of alkyl halides is 3. The van der Waals surface area contributed by atoms with Crippen LogP contribution in [0, 0.1) is 0 Å². The van der Waals surface area contributed by atoms with Gasteiger partial charge in [0.05, 0.1) is 5.52 Å². The van der Waals surface area contributed by atoms with Crippen LogP contribution in [-0.2, 0) is 6.18 Å². The molecule has 3 N–H and O–H groups in total. The van der Waals surface area contributed by atoms with E-state index in [1.165, 1.54) is 12.1 Å². The predicted octanol–water partition coefficient (Wildman–Crippen LogP) is 6.10. The van der Waals surface area contributed by atoms with Crippen molar-refractivity contribution in [3.63, 3.8) is 0 Å². The Morgan fingerprint density at radius 2 is 1.79 bits per heavy atom. The third-order valence-corrected chi connectivity index (χ3v) is 6.10. The Bertz CT molecular complexity index is 1150. The van der Waals surface area contributed by atoms with Crippen LogP contribution in [0.5, 0.6) is 0 Å². The molecule has 1 aromatic heterocycles. The van der Waals surface area contributed by atoms with Gasteiger partial charge in [0.15, 0.2) is 0 Å². The van der Waals surface area contributed by atoms with E-state index in [0.717, 1.165) is 31.0 Å². The van der Waals surface area contributed by atoms with Gasteiger partial charge in [0.2, 0.25) is 0 Å². The van der Waals surface area contributed by atoms with Gasteiger partial charge in [0.25, 0.3) is 5.91 Å². The van der Waals surface area contributed by atoms with E-state index in [2.05, 4.69) is 20.9 Å². The molecule has 0 aliphatic heterocycles. The molecule has 1 aliphatic carbocycles. The molecule has 4 rings (SSSR count). The van der Waals surface area contributed by atoms with Gasteiger partial charge in [0, 0.05) is 46.5 Å². The summed E-state index contributed by atoms with van der Waals surface area (Å²) in [5, 5.41) is 10.3. The summed E-state index contributed by atoms with van der Waals surface area (Å²) >= 11 is 6.09. The largest absolute Gasteiger partial charge is 0.433 e. The molecule has 1 saturated carbocycles. The highest BCUT2D eigenvalue weighted by molar-refractivity contribution is 6.31. The minimum Gasteiger partial charge on any atom is -0.388 e. The number of halogens is 4. The van der Waals surface area contributed by atoms with Gasteiger partial charge in [-0.1, -0.05) is 11.6 Å². The highest BCUT2D eigenvalue weighted by atomic mass is 35.5. The van der Waals surface area contributed by atoms with Crippen LogP contribution >= 0.6 is 11.6 Å². The molecule has 9 heteroatoms. The summed E-state index contributed by atoms with van der Waals surface area (Å²) in [6.07, 6.45) is -1.51. The van der Waals surface area contributed by atoms with Gasteiger partial charge in [-0.2, -0.15) is 13.2 Å². The molecule has 2 atom stereocenters. The lowest BCUT2D eigenvalue weighted by Gasteiger charge is -2.31. The Morgan fingerprint density at radius 3 is 2.48 bits per heavy atom. The summed E-state index contributed by atoms with van der Waals surface area (Å²) in [4.78, 5) is 16.4. The Kier molecular flexibility index (Phi) is 6.65. The van der Waals surface area contributed by atoms with Crippen LogP contribution in [0.3, 0.4) is 0 Å². The zero-order chi connectivity index (χ0) is 23.6. The number of nitrogens with zero attached hydrogens (tertiary/aromatic N) is 1. The first-order valence-corrected chi connectivity index (χ1v) is 11.1. The Balaban J connectivity index is 1.51. The SMILES string of the molecule is CNc1ccc(C(=O)N[C@@H]2CCC[C@H](Nc3cc(C(F)(F)F)nc4ccc(Cl)cc34)C2)cc1. The number of amides is 1. The molecule has 0 saturated heterocycles. The summed E-state index contributed by atoms with van der Waals surface area (Å²) in [6.45, 7) is 0. The third-order valence-electron chi connectivity index (χ3n) is 5.87. The predicted molar refractivity (Wildman–Crippen MR) is 125 cm³/mol. The molecule has 0 radical (unpaired) electrons. The van der Waals surface area contributed by atoms with Crippen molar-refractivity contribution >= 4 is 39.8 Å². The molecule has 3 aromatic rings. The van der Waals surface area contributed by atoms with Crippen molar-refractivity contribution in [2.45, 2.75) is 43.9 Å². The van der Waals surface area contributed by atoms with E-state index in [1.54, 1.807) is 18.2 Å². The molecule has 5 nitrogen and oxygen atoms in total. The normalized spacial score (nSPS) is 18.7. The van der Waals surface area contributed by atoms with E-state index >= 15 is 0 Å². The van der Waals surface area contributed by atoms with Crippen LogP contribution in [0.15, 0.2) is 48.5 Å². The van der Waals surface area contributed by atoms with Gasteiger partial charge in [-0.3, -0.25) is 4.79 Å². The fourth-order valence-corrected chi connectivity index (χ4v) is 4.36. The number of carbonyl (C=O) groups excluding carboxylic acids is 1. The van der Waals surface area contributed by atoms with Crippen molar-refractivity contribution in [3.05, 3.63) is 64.8 Å². The summed E-state index contributed by atoms with van der Waals surface area (Å²) in [5.74, 6) is -0.163. The van der Waals surface area contributed by atoms with E-state index in [1.807, 2.05) is 19.2 Å². The van der Waals surface area contributed by atoms with Crippen LogP contribution in [0.2, 0.25) is 5.02 Å². The van der Waals surface area contributed by atoms with Gasteiger partial charge in [-0.05, 0) is 74.2 Å². The van der Waals surface area contributed by atoms with Crippen molar-refractivity contribution in [2.75, 3.05) is 17.7 Å². The van der Waals surface area contributed by atoms with Crippen LogP contribution in [0.1, 0.15) is 41.7 Å². The first kappa shape index (κ1) is 23.2. The number of hydrogen-bond acceptors (Lipinski definition) is 4. The van der Waals surface area contributed by atoms with Crippen LogP contribution < -0.4 is 16.0 Å². The van der Waals surface area contributed by atoms with Gasteiger partial charge in [-0.15, -0.1) is 0 Å². The second-order valence-electron chi connectivity index (χ2n) is 8.22. The van der Waals surface area contributed by atoms with Crippen molar-refractivity contribution in [1.29, 1.82) is 0 Å². The fraction of sp³-hybridized carbons (Fsp3) is 0.333. The van der Waals surface area contributed by atoms with Gasteiger partial charge in [0.1, 0.15) is 5.69 Å². The van der Waals surface area contributed by atoms with Gasteiger partial charge < -0.3 is 16.0 Å². The van der Waals surface area contributed by atoms with E-state index < -0.39 is 11.9 Å². The third kappa shape index (κ3) is 5.50. The van der Waals surface area contributed by atoms with Crippen LogP contribution in [0.25, 0.3) is 10.9 Å². The molecule has 2 aromatic carbocycles. The zero-order valence-electron chi connectivity index (χ0n) is 18.0. The maximum atomic E-state index is 13.4. The number of carbonyl (C=O) groups is 1. The Hall–Kier alpha value is -3.00. The number of anilines is 2. The standard InChI is InChI=1S/C24H24ClF3N4O/c1-29-16-8-5-14(6-9-16)23(33)31-18-4-2-3-17(12-18)30-21-13-22(24(26,27)28)32-20-10-7-15(25)11-19(20)21/h5-11,13,17-18,29H,2-4,12H2,1H3,(H,30,32)(H,31,33)/t17-,18+/m0/s1. The van der Waals surface area contributed by atoms with Gasteiger partial charge >= 0.3 is 6.18 Å². The molecule has 1 amide bonds. The topological polar surface area (TPSA) is 66.1 Å². The monoisotopic (exact) mass is 476 g/mol. The summed E-state index contributed by atoms with van der Waals surface area (Å²) in [5.41, 5.74) is 1.09. The molecule has 1 aliphatic rings. The maximum absolute atomic E-state index is 13.4. The van der Waals surface area contributed by atoms with Crippen LogP contribution in [-0.4, -0.2) is 30.0 Å². The van der Waals surface area contributed by atoms with E-state index in [0.29, 0.717) is 28.1 Å². The number of benzene rings is 2. The zero-order valence-corrected chi connectivity index (χ0v) is 18.7. The number of rotatable bonds is 5. The van der Waals surface area contributed by atoms with E-state index in [9.17, 15) is 18.0 Å². The molecule has 1 heterocycles. The van der Waals surface area contributed by atoms with Crippen molar-refractivity contribution in [3.8, 4) is 0 Å². The fourth-order valence-electron chi connectivity index (χ4n) is 4.19. The van der Waals surface area contributed by atoms with Crippen molar-refractivity contribution in [1.82, 2.24) is 10.3 Å². The lowest BCUT2D eigenvalue weighted by Crippen LogP contribution is -2.41. The highest BCUT2D eigenvalue weighted by Crippen LogP contribution is 2.35. The summed E-state index contributed by atoms with van der Waals surface area (Å²) in [7, 11) is 1.81. The molecular formula is C24H24ClF3N4O. The second-order valence-corrected chi connectivity index (χ2v) is 8.66. The number of aromatic nitrogens is 1. The smallest absolute Gasteiger partial charge is 0.388 e. The lowest BCUT2D eigenvalue weighted by atomic mass is 9.90. The summed E-state index contributed by atoms with van der Waals surface area (Å²) in [6, 6.07) is 12.7. The van der Waals surface area contributed by atoms with E-state index in [-0.39, 0.29) is 23.5 Å². The number of nitrogens with one attached hydrogen (secondary N) is 3. The highest BCUT2D eigenvalue weighted by Gasteiger charge is 2.34. The first-order chi connectivity index (χ1) is 15.7. The molecule has 33 heavy (non-hydrogen) atoms. The minimum absolute atomic E-state index is 0.0773. The molecule has 0 bridgehead atoms. The van der Waals surface area contributed by atoms with Crippen molar-refractivity contribution in [2.24, 2.45) is 0 Å². The number of pyridine rings is 1. The molecule has 0 unspecified atom stereocenters.